The van der Waals surface area contributed by atoms with Crippen molar-refractivity contribution < 1.29 is 4.79 Å². The number of rotatable bonds is 6. The third-order valence-corrected chi connectivity index (χ3v) is 5.56. The SMILES string of the molecule is O=C(CC1=CCNCC1)NC[C@H]1CCCN(Cc2cccs2)C1. The Kier molecular flexibility index (Phi) is 6.25. The van der Waals surface area contributed by atoms with E-state index in [0.29, 0.717) is 12.3 Å². The lowest BCUT2D eigenvalue weighted by atomic mass is 9.97. The van der Waals surface area contributed by atoms with Crippen molar-refractivity contribution in [1.82, 2.24) is 15.5 Å². The lowest BCUT2D eigenvalue weighted by Gasteiger charge is -2.32. The fourth-order valence-electron chi connectivity index (χ4n) is 3.44. The number of thiophene rings is 1. The van der Waals surface area contributed by atoms with Crippen molar-refractivity contribution >= 4 is 17.2 Å². The molecule has 1 aromatic rings. The van der Waals surface area contributed by atoms with Crippen LogP contribution in [0, 0.1) is 5.92 Å². The van der Waals surface area contributed by atoms with Crippen LogP contribution in [0.2, 0.25) is 0 Å². The first-order chi connectivity index (χ1) is 11.3. The summed E-state index contributed by atoms with van der Waals surface area (Å²) in [5.41, 5.74) is 1.28. The quantitative estimate of drug-likeness (QED) is 0.786. The van der Waals surface area contributed by atoms with Gasteiger partial charge in [0.2, 0.25) is 5.91 Å². The third kappa shape index (κ3) is 5.44. The van der Waals surface area contributed by atoms with E-state index < -0.39 is 0 Å². The van der Waals surface area contributed by atoms with Crippen molar-refractivity contribution in [3.63, 3.8) is 0 Å². The Morgan fingerprint density at radius 1 is 1.48 bits per heavy atom. The molecule has 0 aliphatic carbocycles. The smallest absolute Gasteiger partial charge is 0.224 e. The molecule has 1 aromatic heterocycles. The van der Waals surface area contributed by atoms with Crippen LogP contribution >= 0.6 is 11.3 Å². The third-order valence-electron chi connectivity index (χ3n) is 4.70. The highest BCUT2D eigenvalue weighted by molar-refractivity contribution is 7.09. The summed E-state index contributed by atoms with van der Waals surface area (Å²) in [7, 11) is 0. The normalized spacial score (nSPS) is 22.6. The minimum atomic E-state index is 0.188. The van der Waals surface area contributed by atoms with E-state index in [1.54, 1.807) is 0 Å². The van der Waals surface area contributed by atoms with E-state index in [1.807, 2.05) is 11.3 Å². The van der Waals surface area contributed by atoms with Crippen molar-refractivity contribution in [2.45, 2.75) is 32.2 Å². The predicted octanol–water partition coefficient (Wildman–Crippen LogP) is 2.39. The van der Waals surface area contributed by atoms with E-state index in [9.17, 15) is 4.79 Å². The molecule has 0 bridgehead atoms. The summed E-state index contributed by atoms with van der Waals surface area (Å²) in [6, 6.07) is 4.33. The lowest BCUT2D eigenvalue weighted by molar-refractivity contribution is -0.120. The van der Waals surface area contributed by atoms with Crippen LogP contribution in [-0.4, -0.2) is 43.5 Å². The maximum absolute atomic E-state index is 12.1. The van der Waals surface area contributed by atoms with Crippen LogP contribution in [-0.2, 0) is 11.3 Å². The first kappa shape index (κ1) is 16.7. The molecule has 2 aliphatic heterocycles. The zero-order valence-corrected chi connectivity index (χ0v) is 14.5. The molecule has 126 valence electrons. The molecule has 3 rings (SSSR count). The minimum absolute atomic E-state index is 0.188. The second-order valence-corrected chi connectivity index (χ2v) is 7.65. The molecule has 0 radical (unpaired) electrons. The molecule has 2 N–H and O–H groups in total. The van der Waals surface area contributed by atoms with Crippen LogP contribution in [0.5, 0.6) is 0 Å². The highest BCUT2D eigenvalue weighted by Crippen LogP contribution is 2.20. The average Bonchev–Trinajstić information content (AvgIpc) is 3.07. The fraction of sp³-hybridized carbons (Fsp3) is 0.611. The average molecular weight is 334 g/mol. The number of hydrogen-bond donors (Lipinski definition) is 2. The molecule has 0 aromatic carbocycles. The van der Waals surface area contributed by atoms with Gasteiger partial charge in [0.1, 0.15) is 0 Å². The molecule has 1 amide bonds. The molecular formula is C18H27N3OS. The maximum Gasteiger partial charge on any atom is 0.224 e. The summed E-state index contributed by atoms with van der Waals surface area (Å²) in [4.78, 5) is 16.1. The van der Waals surface area contributed by atoms with Gasteiger partial charge in [-0.3, -0.25) is 9.69 Å². The molecule has 4 nitrogen and oxygen atoms in total. The number of likely N-dealkylation sites (tertiary alicyclic amines) is 1. The van der Waals surface area contributed by atoms with Gasteiger partial charge in [-0.15, -0.1) is 11.3 Å². The number of nitrogens with zero attached hydrogens (tertiary/aromatic N) is 1. The minimum Gasteiger partial charge on any atom is -0.355 e. The van der Waals surface area contributed by atoms with E-state index in [4.69, 9.17) is 0 Å². The Hall–Kier alpha value is -1.17. The summed E-state index contributed by atoms with van der Waals surface area (Å²) >= 11 is 1.83. The summed E-state index contributed by atoms with van der Waals surface area (Å²) in [5.74, 6) is 0.781. The van der Waals surface area contributed by atoms with Crippen LogP contribution in [0.4, 0.5) is 0 Å². The van der Waals surface area contributed by atoms with E-state index in [0.717, 1.165) is 39.1 Å². The van der Waals surface area contributed by atoms with Gasteiger partial charge in [-0.05, 0) is 49.7 Å². The van der Waals surface area contributed by atoms with Crippen LogP contribution in [0.3, 0.4) is 0 Å². The van der Waals surface area contributed by atoms with E-state index in [2.05, 4.69) is 39.1 Å². The molecule has 0 unspecified atom stereocenters. The number of carbonyl (C=O) groups excluding carboxylic acids is 1. The van der Waals surface area contributed by atoms with Gasteiger partial charge in [-0.1, -0.05) is 17.7 Å². The second-order valence-electron chi connectivity index (χ2n) is 6.62. The number of amides is 1. The van der Waals surface area contributed by atoms with Gasteiger partial charge < -0.3 is 10.6 Å². The van der Waals surface area contributed by atoms with Crippen molar-refractivity contribution in [3.8, 4) is 0 Å². The Morgan fingerprint density at radius 3 is 3.22 bits per heavy atom. The van der Waals surface area contributed by atoms with Crippen LogP contribution in [0.15, 0.2) is 29.2 Å². The molecular weight excluding hydrogens is 306 g/mol. The fourth-order valence-corrected chi connectivity index (χ4v) is 4.19. The Bertz CT molecular complexity index is 526. The van der Waals surface area contributed by atoms with Crippen LogP contribution < -0.4 is 10.6 Å². The van der Waals surface area contributed by atoms with Crippen LogP contribution in [0.1, 0.15) is 30.6 Å². The number of carbonyl (C=O) groups is 1. The van der Waals surface area contributed by atoms with Gasteiger partial charge in [0.05, 0.1) is 0 Å². The lowest BCUT2D eigenvalue weighted by Crippen LogP contribution is -2.40. The van der Waals surface area contributed by atoms with Crippen LogP contribution in [0.25, 0.3) is 0 Å². The predicted molar refractivity (Wildman–Crippen MR) is 95.5 cm³/mol. The number of piperidine rings is 1. The Balaban J connectivity index is 1.39. The number of hydrogen-bond acceptors (Lipinski definition) is 4. The van der Waals surface area contributed by atoms with Gasteiger partial charge in [0.25, 0.3) is 0 Å². The van der Waals surface area contributed by atoms with Crippen molar-refractivity contribution in [2.24, 2.45) is 5.92 Å². The Labute approximate surface area is 143 Å². The monoisotopic (exact) mass is 333 g/mol. The number of nitrogens with one attached hydrogen (secondary N) is 2. The van der Waals surface area contributed by atoms with Gasteiger partial charge in [-0.2, -0.15) is 0 Å². The molecule has 1 atom stereocenters. The molecule has 23 heavy (non-hydrogen) atoms. The van der Waals surface area contributed by atoms with Gasteiger partial charge >= 0.3 is 0 Å². The topological polar surface area (TPSA) is 44.4 Å². The molecule has 0 spiro atoms. The molecule has 1 fully saturated rings. The first-order valence-corrected chi connectivity index (χ1v) is 9.57. The van der Waals surface area contributed by atoms with Crippen molar-refractivity contribution in [1.29, 1.82) is 0 Å². The first-order valence-electron chi connectivity index (χ1n) is 8.69. The maximum atomic E-state index is 12.1. The molecule has 3 heterocycles. The molecule has 1 saturated heterocycles. The van der Waals surface area contributed by atoms with Gasteiger partial charge in [0.15, 0.2) is 0 Å². The largest absolute Gasteiger partial charge is 0.355 e. The highest BCUT2D eigenvalue weighted by atomic mass is 32.1. The summed E-state index contributed by atoms with van der Waals surface area (Å²) in [6.45, 7) is 6.07. The Morgan fingerprint density at radius 2 is 2.43 bits per heavy atom. The standard InChI is InChI=1S/C18H27N3OS/c22-18(11-15-5-7-19-8-6-15)20-12-16-3-1-9-21(13-16)14-17-4-2-10-23-17/h2,4-5,10,16,19H,1,3,6-9,11-14H2,(H,20,22)/t16-/m1/s1. The zero-order chi connectivity index (χ0) is 15.9. The summed E-state index contributed by atoms with van der Waals surface area (Å²) in [6.07, 6.45) is 6.21. The van der Waals surface area contributed by atoms with Gasteiger partial charge in [0, 0.05) is 37.5 Å². The molecule has 0 saturated carbocycles. The van der Waals surface area contributed by atoms with Crippen molar-refractivity contribution in [2.75, 3.05) is 32.7 Å². The van der Waals surface area contributed by atoms with E-state index >= 15 is 0 Å². The summed E-state index contributed by atoms with van der Waals surface area (Å²) in [5, 5.41) is 8.58. The van der Waals surface area contributed by atoms with Crippen molar-refractivity contribution in [3.05, 3.63) is 34.0 Å². The highest BCUT2D eigenvalue weighted by Gasteiger charge is 2.21. The van der Waals surface area contributed by atoms with E-state index in [1.165, 1.54) is 29.8 Å². The molecule has 5 heteroatoms. The van der Waals surface area contributed by atoms with E-state index in [-0.39, 0.29) is 5.91 Å². The van der Waals surface area contributed by atoms with Gasteiger partial charge in [-0.25, -0.2) is 0 Å². The second kappa shape index (κ2) is 8.62. The summed E-state index contributed by atoms with van der Waals surface area (Å²) < 4.78 is 0. The molecule has 2 aliphatic rings. The zero-order valence-electron chi connectivity index (χ0n) is 13.7.